The van der Waals surface area contributed by atoms with Gasteiger partial charge < -0.3 is 14.6 Å². The van der Waals surface area contributed by atoms with Gasteiger partial charge >= 0.3 is 0 Å². The highest BCUT2D eigenvalue weighted by Crippen LogP contribution is 2.28. The zero-order valence-corrected chi connectivity index (χ0v) is 13.9. The number of Topliss-reactive ketones (excluding diaryl/α,β-unsaturated/α-hetero) is 1. The number of carbonyl (C=O) groups is 1. The van der Waals surface area contributed by atoms with Crippen molar-refractivity contribution < 1.29 is 19.4 Å². The lowest BCUT2D eigenvalue weighted by atomic mass is 10.0. The summed E-state index contributed by atoms with van der Waals surface area (Å²) in [7, 11) is 3.21. The van der Waals surface area contributed by atoms with Crippen molar-refractivity contribution in [3.05, 3.63) is 23.8 Å². The molecule has 1 aromatic rings. The summed E-state index contributed by atoms with van der Waals surface area (Å²) in [6.45, 7) is 2.11. The molecule has 0 saturated heterocycles. The minimum atomic E-state index is -0.567. The first-order valence-corrected chi connectivity index (χ1v) is 8.01. The molecule has 0 bridgehead atoms. The summed E-state index contributed by atoms with van der Waals surface area (Å²) in [5.74, 6) is 1.54. The fourth-order valence-corrected chi connectivity index (χ4v) is 2.41. The predicted molar refractivity (Wildman–Crippen MR) is 87.6 cm³/mol. The number of benzene rings is 1. The zero-order valence-electron chi connectivity index (χ0n) is 13.9. The number of ketones is 1. The Kier molecular flexibility index (Phi) is 8.60. The van der Waals surface area contributed by atoms with E-state index in [9.17, 15) is 9.90 Å². The smallest absolute Gasteiger partial charge is 0.160 e. The highest BCUT2D eigenvalue weighted by atomic mass is 16.5. The first kappa shape index (κ1) is 18.5. The lowest BCUT2D eigenvalue weighted by Gasteiger charge is -2.12. The molecule has 1 N–H and O–H groups in total. The Hall–Kier alpha value is -1.55. The number of hydrogen-bond acceptors (Lipinski definition) is 4. The molecule has 4 nitrogen and oxygen atoms in total. The number of aliphatic hydroxyl groups is 1. The van der Waals surface area contributed by atoms with Crippen molar-refractivity contribution >= 4 is 5.78 Å². The summed E-state index contributed by atoms with van der Waals surface area (Å²) in [4.78, 5) is 11.7. The Morgan fingerprint density at radius 3 is 2.55 bits per heavy atom. The molecule has 1 atom stereocenters. The molecule has 0 amide bonds. The van der Waals surface area contributed by atoms with Crippen molar-refractivity contribution in [1.29, 1.82) is 0 Å². The number of unbranched alkanes of at least 4 members (excludes halogenated alkanes) is 2. The third kappa shape index (κ3) is 6.48. The molecule has 1 rings (SSSR count). The maximum absolute atomic E-state index is 11.7. The lowest BCUT2D eigenvalue weighted by Crippen LogP contribution is -2.14. The number of hydrogen-bond donors (Lipinski definition) is 1. The molecular weight excluding hydrogens is 280 g/mol. The van der Waals surface area contributed by atoms with E-state index in [1.54, 1.807) is 14.2 Å². The molecule has 0 aliphatic rings. The molecule has 0 fully saturated rings. The van der Waals surface area contributed by atoms with Gasteiger partial charge in [0, 0.05) is 12.8 Å². The van der Waals surface area contributed by atoms with Gasteiger partial charge in [-0.05, 0) is 37.0 Å². The summed E-state index contributed by atoms with van der Waals surface area (Å²) < 4.78 is 10.5. The van der Waals surface area contributed by atoms with Crippen molar-refractivity contribution in [3.63, 3.8) is 0 Å². The summed E-state index contributed by atoms with van der Waals surface area (Å²) in [6, 6.07) is 5.72. The summed E-state index contributed by atoms with van der Waals surface area (Å²) in [5, 5.41) is 9.99. The second-order valence-electron chi connectivity index (χ2n) is 5.58. The van der Waals surface area contributed by atoms with Gasteiger partial charge in [-0.3, -0.25) is 4.79 Å². The minimum absolute atomic E-state index is 0.160. The Bertz CT molecular complexity index is 456. The fraction of sp³-hybridized carbons (Fsp3) is 0.611. The Morgan fingerprint density at radius 2 is 1.91 bits per heavy atom. The molecule has 124 valence electrons. The van der Waals surface area contributed by atoms with Gasteiger partial charge in [-0.1, -0.05) is 25.8 Å². The summed E-state index contributed by atoms with van der Waals surface area (Å²) in [6.07, 6.45) is 4.68. The van der Waals surface area contributed by atoms with Crippen LogP contribution in [0.4, 0.5) is 0 Å². The molecule has 22 heavy (non-hydrogen) atoms. The van der Waals surface area contributed by atoms with Crippen molar-refractivity contribution in [3.8, 4) is 11.5 Å². The second kappa shape index (κ2) is 10.2. The average molecular weight is 308 g/mol. The van der Waals surface area contributed by atoms with Crippen LogP contribution in [-0.4, -0.2) is 31.2 Å². The van der Waals surface area contributed by atoms with Crippen LogP contribution in [0.3, 0.4) is 0 Å². The van der Waals surface area contributed by atoms with Crippen molar-refractivity contribution in [2.45, 2.75) is 58.0 Å². The van der Waals surface area contributed by atoms with Gasteiger partial charge in [0.1, 0.15) is 5.78 Å². The highest BCUT2D eigenvalue weighted by Gasteiger charge is 2.12. The molecule has 0 aliphatic heterocycles. The molecular formula is C18H28O4. The SMILES string of the molecule is CCCCCC(=O)CC(O)CCc1ccc(OC)c(OC)c1. The average Bonchev–Trinajstić information content (AvgIpc) is 2.52. The van der Waals surface area contributed by atoms with Crippen LogP contribution in [0.25, 0.3) is 0 Å². The molecule has 1 aromatic carbocycles. The van der Waals surface area contributed by atoms with Crippen LogP contribution >= 0.6 is 0 Å². The Morgan fingerprint density at radius 1 is 1.18 bits per heavy atom. The van der Waals surface area contributed by atoms with Gasteiger partial charge in [0.2, 0.25) is 0 Å². The van der Waals surface area contributed by atoms with Crippen LogP contribution in [0.5, 0.6) is 11.5 Å². The molecule has 0 saturated carbocycles. The van der Waals surface area contributed by atoms with Crippen molar-refractivity contribution in [1.82, 2.24) is 0 Å². The van der Waals surface area contributed by atoms with E-state index in [0.717, 1.165) is 24.8 Å². The number of rotatable bonds is 11. The first-order valence-electron chi connectivity index (χ1n) is 8.01. The normalized spacial score (nSPS) is 12.0. The number of ether oxygens (including phenoxy) is 2. The summed E-state index contributed by atoms with van der Waals surface area (Å²) in [5.41, 5.74) is 1.06. The van der Waals surface area contributed by atoms with E-state index in [1.165, 1.54) is 0 Å². The molecule has 0 heterocycles. The van der Waals surface area contributed by atoms with Crippen molar-refractivity contribution in [2.75, 3.05) is 14.2 Å². The zero-order chi connectivity index (χ0) is 16.4. The predicted octanol–water partition coefficient (Wildman–Crippen LogP) is 3.54. The second-order valence-corrected chi connectivity index (χ2v) is 5.58. The molecule has 0 spiro atoms. The van der Waals surface area contributed by atoms with Gasteiger partial charge in [0.05, 0.1) is 20.3 Å². The van der Waals surface area contributed by atoms with Gasteiger partial charge in [-0.25, -0.2) is 0 Å². The number of carbonyl (C=O) groups excluding carboxylic acids is 1. The van der Waals surface area contributed by atoms with Crippen LogP contribution in [0.2, 0.25) is 0 Å². The van der Waals surface area contributed by atoms with E-state index in [1.807, 2.05) is 18.2 Å². The van der Waals surface area contributed by atoms with E-state index in [2.05, 4.69) is 6.92 Å². The monoisotopic (exact) mass is 308 g/mol. The van der Waals surface area contributed by atoms with Gasteiger partial charge in [-0.2, -0.15) is 0 Å². The van der Waals surface area contributed by atoms with Gasteiger partial charge in [0.15, 0.2) is 11.5 Å². The van der Waals surface area contributed by atoms with E-state index in [4.69, 9.17) is 9.47 Å². The van der Waals surface area contributed by atoms with Gasteiger partial charge in [0.25, 0.3) is 0 Å². The largest absolute Gasteiger partial charge is 0.493 e. The molecule has 4 heteroatoms. The van der Waals surface area contributed by atoms with Crippen LogP contribution in [0.1, 0.15) is 51.0 Å². The maximum atomic E-state index is 11.7. The highest BCUT2D eigenvalue weighted by molar-refractivity contribution is 5.78. The van der Waals surface area contributed by atoms with Gasteiger partial charge in [-0.15, -0.1) is 0 Å². The topological polar surface area (TPSA) is 55.8 Å². The number of aryl methyl sites for hydroxylation is 1. The quantitative estimate of drug-likeness (QED) is 0.635. The van der Waals surface area contributed by atoms with E-state index in [0.29, 0.717) is 30.8 Å². The minimum Gasteiger partial charge on any atom is -0.493 e. The summed E-state index contributed by atoms with van der Waals surface area (Å²) >= 11 is 0. The molecule has 0 aliphatic carbocycles. The standard InChI is InChI=1S/C18H28O4/c1-4-5-6-7-15(19)13-16(20)10-8-14-9-11-17(21-2)18(12-14)22-3/h9,11-12,16,20H,4-8,10,13H2,1-3H3. The van der Waals surface area contributed by atoms with Crippen LogP contribution < -0.4 is 9.47 Å². The number of aliphatic hydroxyl groups excluding tert-OH is 1. The van der Waals surface area contributed by atoms with E-state index < -0.39 is 6.10 Å². The lowest BCUT2D eigenvalue weighted by molar-refractivity contribution is -0.121. The molecule has 0 radical (unpaired) electrons. The third-order valence-corrected chi connectivity index (χ3v) is 3.74. The van der Waals surface area contributed by atoms with Crippen LogP contribution in [0, 0.1) is 0 Å². The van der Waals surface area contributed by atoms with Crippen molar-refractivity contribution in [2.24, 2.45) is 0 Å². The molecule has 1 unspecified atom stereocenters. The Balaban J connectivity index is 2.40. The van der Waals surface area contributed by atoms with Crippen LogP contribution in [-0.2, 0) is 11.2 Å². The van der Waals surface area contributed by atoms with E-state index >= 15 is 0 Å². The first-order chi connectivity index (χ1) is 10.6. The number of methoxy groups -OCH3 is 2. The Labute approximate surface area is 133 Å². The third-order valence-electron chi connectivity index (χ3n) is 3.74. The van der Waals surface area contributed by atoms with Crippen LogP contribution in [0.15, 0.2) is 18.2 Å². The fourth-order valence-electron chi connectivity index (χ4n) is 2.41. The molecule has 0 aromatic heterocycles. The maximum Gasteiger partial charge on any atom is 0.160 e. The van der Waals surface area contributed by atoms with E-state index in [-0.39, 0.29) is 12.2 Å².